The van der Waals surface area contributed by atoms with Crippen LogP contribution in [0.5, 0.6) is 0 Å². The molecule has 2 heteroatoms. The van der Waals surface area contributed by atoms with Crippen LogP contribution >= 0.6 is 11.3 Å². The first-order valence-electron chi connectivity index (χ1n) is 4.59. The Hall–Kier alpha value is -0.340. The first-order valence-corrected chi connectivity index (χ1v) is 5.53. The van der Waals surface area contributed by atoms with Crippen LogP contribution < -0.4 is 5.32 Å². The normalized spacial score (nSPS) is 30.4. The monoisotopic (exact) mass is 181 g/mol. The summed E-state index contributed by atoms with van der Waals surface area (Å²) in [5, 5.41) is 7.93. The van der Waals surface area contributed by atoms with E-state index >= 15 is 0 Å². The van der Waals surface area contributed by atoms with E-state index in [-0.39, 0.29) is 0 Å². The molecule has 66 valence electrons. The van der Waals surface area contributed by atoms with Gasteiger partial charge in [0.15, 0.2) is 0 Å². The Balaban J connectivity index is 2.04. The van der Waals surface area contributed by atoms with Crippen molar-refractivity contribution in [3.63, 3.8) is 0 Å². The van der Waals surface area contributed by atoms with Crippen molar-refractivity contribution in [1.82, 2.24) is 5.32 Å². The largest absolute Gasteiger partial charge is 0.316 e. The molecule has 0 aliphatic carbocycles. The van der Waals surface area contributed by atoms with Crippen molar-refractivity contribution >= 4 is 11.3 Å². The molecule has 0 spiro atoms. The maximum absolute atomic E-state index is 3.48. The summed E-state index contributed by atoms with van der Waals surface area (Å²) >= 11 is 1.81. The van der Waals surface area contributed by atoms with Crippen LogP contribution in [0.4, 0.5) is 0 Å². The predicted molar refractivity (Wildman–Crippen MR) is 53.7 cm³/mol. The fourth-order valence-corrected chi connectivity index (χ4v) is 2.66. The van der Waals surface area contributed by atoms with E-state index in [0.717, 1.165) is 11.8 Å². The van der Waals surface area contributed by atoms with Gasteiger partial charge in [0.05, 0.1) is 0 Å². The standard InChI is InChI=1S/C10H15NS/c1-8-4-10(6-11-5-8)9-2-3-12-7-9/h2-3,7-8,10-11H,4-6H2,1H3. The highest BCUT2D eigenvalue weighted by Crippen LogP contribution is 2.27. The van der Waals surface area contributed by atoms with Crippen LogP contribution in [0, 0.1) is 5.92 Å². The van der Waals surface area contributed by atoms with E-state index in [4.69, 9.17) is 0 Å². The second-order valence-corrected chi connectivity index (χ2v) is 4.53. The molecule has 2 heterocycles. The van der Waals surface area contributed by atoms with Gasteiger partial charge in [-0.3, -0.25) is 0 Å². The minimum absolute atomic E-state index is 0.764. The highest BCUT2D eigenvalue weighted by atomic mass is 32.1. The topological polar surface area (TPSA) is 12.0 Å². The third kappa shape index (κ3) is 1.70. The summed E-state index contributed by atoms with van der Waals surface area (Å²) in [5.41, 5.74) is 1.53. The molecule has 0 amide bonds. The van der Waals surface area contributed by atoms with Crippen molar-refractivity contribution in [2.45, 2.75) is 19.3 Å². The van der Waals surface area contributed by atoms with Gasteiger partial charge in [0.1, 0.15) is 0 Å². The van der Waals surface area contributed by atoms with Crippen LogP contribution in [0.25, 0.3) is 0 Å². The van der Waals surface area contributed by atoms with Crippen LogP contribution in [-0.4, -0.2) is 13.1 Å². The Bertz CT molecular complexity index is 230. The molecule has 1 aromatic rings. The Morgan fingerprint density at radius 3 is 3.08 bits per heavy atom. The fourth-order valence-electron chi connectivity index (χ4n) is 1.92. The summed E-state index contributed by atoms with van der Waals surface area (Å²) in [6, 6.07) is 2.26. The fraction of sp³-hybridized carbons (Fsp3) is 0.600. The van der Waals surface area contributed by atoms with Crippen molar-refractivity contribution in [3.05, 3.63) is 22.4 Å². The van der Waals surface area contributed by atoms with E-state index in [1.807, 2.05) is 0 Å². The summed E-state index contributed by atoms with van der Waals surface area (Å²) < 4.78 is 0. The highest BCUT2D eigenvalue weighted by Gasteiger charge is 2.19. The van der Waals surface area contributed by atoms with Gasteiger partial charge in [-0.25, -0.2) is 0 Å². The molecule has 2 rings (SSSR count). The van der Waals surface area contributed by atoms with Crippen LogP contribution in [0.15, 0.2) is 16.8 Å². The molecule has 0 saturated carbocycles. The lowest BCUT2D eigenvalue weighted by Crippen LogP contribution is -2.33. The number of piperidine rings is 1. The number of rotatable bonds is 1. The SMILES string of the molecule is CC1CNCC(c2ccsc2)C1. The predicted octanol–water partition coefficient (Wildman–Crippen LogP) is 2.46. The summed E-state index contributed by atoms with van der Waals surface area (Å²) in [7, 11) is 0. The van der Waals surface area contributed by atoms with Crippen molar-refractivity contribution in [3.8, 4) is 0 Å². The quantitative estimate of drug-likeness (QED) is 0.702. The number of hydrogen-bond acceptors (Lipinski definition) is 2. The molecule has 12 heavy (non-hydrogen) atoms. The van der Waals surface area contributed by atoms with Gasteiger partial charge in [-0.15, -0.1) is 0 Å². The van der Waals surface area contributed by atoms with Crippen LogP contribution in [0.2, 0.25) is 0 Å². The third-order valence-corrected chi connectivity index (χ3v) is 3.29. The number of hydrogen-bond donors (Lipinski definition) is 1. The summed E-state index contributed by atoms with van der Waals surface area (Å²) in [5.74, 6) is 1.60. The molecule has 1 N–H and O–H groups in total. The second kappa shape index (κ2) is 3.58. The maximum atomic E-state index is 3.48. The molecule has 0 aromatic carbocycles. The lowest BCUT2D eigenvalue weighted by Gasteiger charge is -2.27. The lowest BCUT2D eigenvalue weighted by molar-refractivity contribution is 0.364. The summed E-state index contributed by atoms with van der Waals surface area (Å²) in [6.07, 6.45) is 1.35. The molecule has 1 saturated heterocycles. The first-order chi connectivity index (χ1) is 5.86. The Labute approximate surface area is 77.8 Å². The summed E-state index contributed by atoms with van der Waals surface area (Å²) in [6.45, 7) is 4.69. The van der Waals surface area contributed by atoms with Gasteiger partial charge in [-0.2, -0.15) is 11.3 Å². The molecule has 2 atom stereocenters. The Morgan fingerprint density at radius 2 is 2.42 bits per heavy atom. The van der Waals surface area contributed by atoms with Crippen LogP contribution in [0.1, 0.15) is 24.8 Å². The van der Waals surface area contributed by atoms with Gasteiger partial charge in [0.25, 0.3) is 0 Å². The minimum Gasteiger partial charge on any atom is -0.316 e. The van der Waals surface area contributed by atoms with E-state index in [0.29, 0.717) is 0 Å². The molecular weight excluding hydrogens is 166 g/mol. The molecule has 0 radical (unpaired) electrons. The van der Waals surface area contributed by atoms with E-state index in [1.54, 1.807) is 11.3 Å². The second-order valence-electron chi connectivity index (χ2n) is 3.75. The molecule has 1 nitrogen and oxygen atoms in total. The van der Waals surface area contributed by atoms with Gasteiger partial charge in [0, 0.05) is 6.54 Å². The zero-order valence-corrected chi connectivity index (χ0v) is 8.23. The lowest BCUT2D eigenvalue weighted by atomic mass is 9.88. The van der Waals surface area contributed by atoms with Crippen molar-refractivity contribution in [1.29, 1.82) is 0 Å². The minimum atomic E-state index is 0.764. The highest BCUT2D eigenvalue weighted by molar-refractivity contribution is 7.07. The van der Waals surface area contributed by atoms with Crippen LogP contribution in [0.3, 0.4) is 0 Å². The molecule has 0 bridgehead atoms. The van der Waals surface area contributed by atoms with E-state index in [9.17, 15) is 0 Å². The Kier molecular flexibility index (Phi) is 2.47. The number of thiophene rings is 1. The third-order valence-electron chi connectivity index (χ3n) is 2.59. The zero-order valence-electron chi connectivity index (χ0n) is 7.42. The van der Waals surface area contributed by atoms with Crippen molar-refractivity contribution < 1.29 is 0 Å². The van der Waals surface area contributed by atoms with E-state index in [2.05, 4.69) is 29.1 Å². The average molecular weight is 181 g/mol. The van der Waals surface area contributed by atoms with Gasteiger partial charge >= 0.3 is 0 Å². The smallest absolute Gasteiger partial charge is 0.00206 e. The zero-order chi connectivity index (χ0) is 8.39. The van der Waals surface area contributed by atoms with Gasteiger partial charge in [0.2, 0.25) is 0 Å². The van der Waals surface area contributed by atoms with Gasteiger partial charge < -0.3 is 5.32 Å². The van der Waals surface area contributed by atoms with Crippen molar-refractivity contribution in [2.24, 2.45) is 5.92 Å². The first kappa shape index (κ1) is 8.27. The molecule has 1 fully saturated rings. The van der Waals surface area contributed by atoms with Crippen LogP contribution in [-0.2, 0) is 0 Å². The van der Waals surface area contributed by atoms with Gasteiger partial charge in [-0.05, 0) is 47.2 Å². The van der Waals surface area contributed by atoms with Crippen molar-refractivity contribution in [2.75, 3.05) is 13.1 Å². The van der Waals surface area contributed by atoms with Gasteiger partial charge in [-0.1, -0.05) is 6.92 Å². The molecule has 2 unspecified atom stereocenters. The number of nitrogens with one attached hydrogen (secondary N) is 1. The Morgan fingerprint density at radius 1 is 1.50 bits per heavy atom. The molecule has 1 aliphatic rings. The molecule has 1 aromatic heterocycles. The molecule has 1 aliphatic heterocycles. The summed E-state index contributed by atoms with van der Waals surface area (Å²) in [4.78, 5) is 0. The van der Waals surface area contributed by atoms with E-state index in [1.165, 1.54) is 25.1 Å². The van der Waals surface area contributed by atoms with E-state index < -0.39 is 0 Å². The average Bonchev–Trinajstić information content (AvgIpc) is 2.56. The molecular formula is C10H15NS. The maximum Gasteiger partial charge on any atom is 0.00206 e.